The molecule has 0 aliphatic heterocycles. The normalized spacial score (nSPS) is 11.6. The van der Waals surface area contributed by atoms with E-state index in [4.69, 9.17) is 28.6 Å². The lowest BCUT2D eigenvalue weighted by Gasteiger charge is -2.18. The summed E-state index contributed by atoms with van der Waals surface area (Å²) in [4.78, 5) is 0. The fourth-order valence-corrected chi connectivity index (χ4v) is 2.42. The number of ether oxygens (including phenoxy) is 1. The van der Waals surface area contributed by atoms with Gasteiger partial charge in [0.25, 0.3) is 0 Å². The van der Waals surface area contributed by atoms with Gasteiger partial charge in [0.2, 0.25) is 0 Å². The maximum absolute atomic E-state index is 6.00. The molecule has 2 N–H and O–H groups in total. The zero-order valence-corrected chi connectivity index (χ0v) is 13.5. The minimum atomic E-state index is 0.0642. The van der Waals surface area contributed by atoms with Crippen molar-refractivity contribution in [3.05, 3.63) is 59.1 Å². The third-order valence-corrected chi connectivity index (χ3v) is 3.48. The van der Waals surface area contributed by atoms with Crippen LogP contribution in [0.15, 0.2) is 48.5 Å². The summed E-state index contributed by atoms with van der Waals surface area (Å²) >= 11 is 11.3. The van der Waals surface area contributed by atoms with Gasteiger partial charge in [-0.05, 0) is 49.0 Å². The molecule has 0 fully saturated rings. The summed E-state index contributed by atoms with van der Waals surface area (Å²) in [6, 6.07) is 15.4. The second-order valence-electron chi connectivity index (χ2n) is 4.61. The van der Waals surface area contributed by atoms with Gasteiger partial charge in [-0.2, -0.15) is 0 Å². The van der Waals surface area contributed by atoms with Gasteiger partial charge >= 0.3 is 0 Å². The molecule has 0 saturated carbocycles. The van der Waals surface area contributed by atoms with E-state index in [1.54, 1.807) is 7.11 Å². The maximum Gasteiger partial charge on any atom is 0.171 e. The first-order chi connectivity index (χ1) is 10.1. The Morgan fingerprint density at radius 3 is 2.67 bits per heavy atom. The fraction of sp³-hybridized carbons (Fsp3) is 0.188. The van der Waals surface area contributed by atoms with E-state index in [0.717, 1.165) is 17.0 Å². The van der Waals surface area contributed by atoms with Crippen molar-refractivity contribution in [2.24, 2.45) is 0 Å². The molecule has 0 radical (unpaired) electrons. The van der Waals surface area contributed by atoms with E-state index in [2.05, 4.69) is 10.6 Å². The number of methoxy groups -OCH3 is 1. The summed E-state index contributed by atoms with van der Waals surface area (Å²) in [5.74, 6) is 0.783. The van der Waals surface area contributed by atoms with Gasteiger partial charge in [0, 0.05) is 16.8 Å². The molecule has 0 amide bonds. The van der Waals surface area contributed by atoms with Gasteiger partial charge in [-0.1, -0.05) is 29.8 Å². The van der Waals surface area contributed by atoms with Gasteiger partial charge in [-0.3, -0.25) is 0 Å². The van der Waals surface area contributed by atoms with Gasteiger partial charge in [0.05, 0.1) is 13.2 Å². The first kappa shape index (κ1) is 15.6. The van der Waals surface area contributed by atoms with Crippen LogP contribution in [0.5, 0.6) is 5.75 Å². The predicted octanol–water partition coefficient (Wildman–Crippen LogP) is 4.40. The van der Waals surface area contributed by atoms with Crippen LogP contribution in [0.25, 0.3) is 0 Å². The van der Waals surface area contributed by atoms with E-state index >= 15 is 0 Å². The summed E-state index contributed by atoms with van der Waals surface area (Å²) in [6.07, 6.45) is 0. The molecule has 0 spiro atoms. The van der Waals surface area contributed by atoms with E-state index in [-0.39, 0.29) is 6.04 Å². The highest BCUT2D eigenvalue weighted by atomic mass is 35.5. The lowest BCUT2D eigenvalue weighted by Crippen LogP contribution is -2.30. The Hall–Kier alpha value is -1.78. The number of hydrogen-bond donors (Lipinski definition) is 2. The molecule has 2 aromatic carbocycles. The van der Waals surface area contributed by atoms with E-state index in [0.29, 0.717) is 10.1 Å². The summed E-state index contributed by atoms with van der Waals surface area (Å²) < 4.78 is 5.18. The standard InChI is InChI=1S/C16H17ClN2OS/c1-11(12-5-3-6-13(17)9-12)18-16(21)19-14-7-4-8-15(10-14)20-2/h3-11H,1-2H3,(H2,18,19,21)/t11-/m1/s1. The summed E-state index contributed by atoms with van der Waals surface area (Å²) in [7, 11) is 1.64. The van der Waals surface area contributed by atoms with Crippen LogP contribution < -0.4 is 15.4 Å². The molecule has 21 heavy (non-hydrogen) atoms. The van der Waals surface area contributed by atoms with Crippen LogP contribution in [0.4, 0.5) is 5.69 Å². The van der Waals surface area contributed by atoms with Crippen LogP contribution in [-0.2, 0) is 0 Å². The number of thiocarbonyl (C=S) groups is 1. The molecular weight excluding hydrogens is 304 g/mol. The van der Waals surface area contributed by atoms with Crippen LogP contribution in [-0.4, -0.2) is 12.2 Å². The lowest BCUT2D eigenvalue weighted by molar-refractivity contribution is 0.415. The number of hydrogen-bond acceptors (Lipinski definition) is 2. The van der Waals surface area contributed by atoms with Crippen molar-refractivity contribution in [1.82, 2.24) is 5.32 Å². The Kier molecular flexibility index (Phi) is 5.42. The molecule has 3 nitrogen and oxygen atoms in total. The molecule has 2 rings (SSSR count). The van der Waals surface area contributed by atoms with E-state index in [1.165, 1.54) is 0 Å². The summed E-state index contributed by atoms with van der Waals surface area (Å²) in [6.45, 7) is 2.03. The smallest absolute Gasteiger partial charge is 0.171 e. The Morgan fingerprint density at radius 2 is 1.95 bits per heavy atom. The van der Waals surface area contributed by atoms with Crippen molar-refractivity contribution >= 4 is 34.6 Å². The minimum absolute atomic E-state index is 0.0642. The average Bonchev–Trinajstić information content (AvgIpc) is 2.47. The molecule has 0 unspecified atom stereocenters. The molecule has 0 aromatic heterocycles. The highest BCUT2D eigenvalue weighted by Crippen LogP contribution is 2.19. The van der Waals surface area contributed by atoms with Crippen LogP contribution in [0.1, 0.15) is 18.5 Å². The predicted molar refractivity (Wildman–Crippen MR) is 92.2 cm³/mol. The highest BCUT2D eigenvalue weighted by molar-refractivity contribution is 7.80. The monoisotopic (exact) mass is 320 g/mol. The molecule has 0 bridgehead atoms. The summed E-state index contributed by atoms with van der Waals surface area (Å²) in [5, 5.41) is 7.64. The first-order valence-corrected chi connectivity index (χ1v) is 7.34. The van der Waals surface area contributed by atoms with Gasteiger partial charge in [-0.15, -0.1) is 0 Å². The van der Waals surface area contributed by atoms with Gasteiger partial charge in [0.1, 0.15) is 5.75 Å². The third kappa shape index (κ3) is 4.62. The fourth-order valence-electron chi connectivity index (χ4n) is 1.92. The average molecular weight is 321 g/mol. The van der Waals surface area contributed by atoms with E-state index in [1.807, 2.05) is 55.5 Å². The number of anilines is 1. The van der Waals surface area contributed by atoms with Gasteiger partial charge < -0.3 is 15.4 Å². The van der Waals surface area contributed by atoms with Crippen LogP contribution >= 0.6 is 23.8 Å². The lowest BCUT2D eigenvalue weighted by atomic mass is 10.1. The Balaban J connectivity index is 1.97. The van der Waals surface area contributed by atoms with E-state index in [9.17, 15) is 0 Å². The molecule has 0 aliphatic rings. The quantitative estimate of drug-likeness (QED) is 0.818. The van der Waals surface area contributed by atoms with Crippen LogP contribution in [0, 0.1) is 0 Å². The Morgan fingerprint density at radius 1 is 1.19 bits per heavy atom. The molecule has 0 aliphatic carbocycles. The third-order valence-electron chi connectivity index (χ3n) is 3.02. The molecule has 0 saturated heterocycles. The SMILES string of the molecule is COc1cccc(NC(=S)N[C@H](C)c2cccc(Cl)c2)c1. The Bertz CT molecular complexity index is 633. The number of benzene rings is 2. The van der Waals surface area contributed by atoms with Gasteiger partial charge in [-0.25, -0.2) is 0 Å². The van der Waals surface area contributed by atoms with Crippen molar-refractivity contribution in [3.8, 4) is 5.75 Å². The number of nitrogens with one attached hydrogen (secondary N) is 2. The molecule has 1 atom stereocenters. The zero-order valence-electron chi connectivity index (χ0n) is 11.9. The molecule has 5 heteroatoms. The molecule has 0 heterocycles. The zero-order chi connectivity index (χ0) is 15.2. The first-order valence-electron chi connectivity index (χ1n) is 6.55. The van der Waals surface area contributed by atoms with E-state index < -0.39 is 0 Å². The minimum Gasteiger partial charge on any atom is -0.497 e. The topological polar surface area (TPSA) is 33.3 Å². The van der Waals surface area contributed by atoms with Crippen LogP contribution in [0.2, 0.25) is 5.02 Å². The van der Waals surface area contributed by atoms with Crippen molar-refractivity contribution in [2.45, 2.75) is 13.0 Å². The number of rotatable bonds is 4. The number of halogens is 1. The summed E-state index contributed by atoms with van der Waals surface area (Å²) in [5.41, 5.74) is 1.96. The highest BCUT2D eigenvalue weighted by Gasteiger charge is 2.07. The van der Waals surface area contributed by atoms with Crippen molar-refractivity contribution in [2.75, 3.05) is 12.4 Å². The molecular formula is C16H17ClN2OS. The van der Waals surface area contributed by atoms with Crippen molar-refractivity contribution < 1.29 is 4.74 Å². The Labute approximate surface area is 135 Å². The van der Waals surface area contributed by atoms with Crippen molar-refractivity contribution in [3.63, 3.8) is 0 Å². The molecule has 110 valence electrons. The van der Waals surface area contributed by atoms with Crippen LogP contribution in [0.3, 0.4) is 0 Å². The second-order valence-corrected chi connectivity index (χ2v) is 5.45. The largest absolute Gasteiger partial charge is 0.497 e. The molecule has 2 aromatic rings. The van der Waals surface area contributed by atoms with Crippen molar-refractivity contribution in [1.29, 1.82) is 0 Å². The maximum atomic E-state index is 6.00. The second kappa shape index (κ2) is 7.29. The van der Waals surface area contributed by atoms with Gasteiger partial charge in [0.15, 0.2) is 5.11 Å².